The number of aromatic nitrogens is 3. The molecule has 9 heteroatoms. The van der Waals surface area contributed by atoms with Crippen molar-refractivity contribution in [3.8, 4) is 12.3 Å². The van der Waals surface area contributed by atoms with E-state index >= 15 is 0 Å². The van der Waals surface area contributed by atoms with Gasteiger partial charge in [-0.05, 0) is 6.92 Å². The maximum absolute atomic E-state index is 11.7. The molecule has 1 fully saturated rings. The van der Waals surface area contributed by atoms with Crippen LogP contribution in [0.4, 0.5) is 0 Å². The van der Waals surface area contributed by atoms with Crippen molar-refractivity contribution in [2.45, 2.75) is 37.0 Å². The average molecular weight is 282 g/mol. The fraction of sp³-hybridized carbons (Fsp3) is 0.545. The summed E-state index contributed by atoms with van der Waals surface area (Å²) in [6.07, 6.45) is 1.46. The first-order chi connectivity index (χ1) is 9.31. The third-order valence-electron chi connectivity index (χ3n) is 3.22. The molecule has 0 aliphatic carbocycles. The van der Waals surface area contributed by atoms with Crippen molar-refractivity contribution >= 4 is 0 Å². The van der Waals surface area contributed by atoms with Crippen LogP contribution in [0.3, 0.4) is 0 Å². The standard InChI is InChI=1S/C11H14N4O5/c1-3-11(12)7(17)6(5(2)16)20-8(11)15-4-13-9(18)14-10(15)19/h1,4-8,16-17H,12H2,2H3,(H,14,18,19)/t5-,6+,7?,8+,11+/m0/s1. The molecule has 5 N–H and O–H groups in total. The van der Waals surface area contributed by atoms with E-state index in [-0.39, 0.29) is 0 Å². The Kier molecular flexibility index (Phi) is 3.49. The Morgan fingerprint density at radius 1 is 1.70 bits per heavy atom. The van der Waals surface area contributed by atoms with Crippen LogP contribution in [0.5, 0.6) is 0 Å². The number of H-pyrrole nitrogens is 1. The molecule has 1 saturated heterocycles. The van der Waals surface area contributed by atoms with Crippen LogP contribution in [0.15, 0.2) is 15.9 Å². The van der Waals surface area contributed by atoms with E-state index in [0.717, 1.165) is 10.9 Å². The molecule has 0 bridgehead atoms. The molecular formula is C11H14N4O5. The number of hydrogen-bond donors (Lipinski definition) is 4. The van der Waals surface area contributed by atoms with Gasteiger partial charge in [0, 0.05) is 0 Å². The molecule has 1 aliphatic rings. The van der Waals surface area contributed by atoms with E-state index in [0.29, 0.717) is 0 Å². The molecule has 0 aromatic carbocycles. The van der Waals surface area contributed by atoms with Crippen molar-refractivity contribution in [2.75, 3.05) is 0 Å². The van der Waals surface area contributed by atoms with Crippen LogP contribution in [-0.2, 0) is 4.74 Å². The minimum Gasteiger partial charge on any atom is -0.391 e. The van der Waals surface area contributed by atoms with Crippen molar-refractivity contribution in [1.82, 2.24) is 14.5 Å². The molecule has 20 heavy (non-hydrogen) atoms. The van der Waals surface area contributed by atoms with Crippen molar-refractivity contribution in [2.24, 2.45) is 5.73 Å². The summed E-state index contributed by atoms with van der Waals surface area (Å²) < 4.78 is 6.25. The van der Waals surface area contributed by atoms with E-state index in [9.17, 15) is 19.8 Å². The normalized spacial score (nSPS) is 34.6. The zero-order valence-electron chi connectivity index (χ0n) is 10.6. The summed E-state index contributed by atoms with van der Waals surface area (Å²) in [5.41, 5.74) is 2.50. The first kappa shape index (κ1) is 14.4. The summed E-state index contributed by atoms with van der Waals surface area (Å²) >= 11 is 0. The second kappa shape index (κ2) is 4.84. The molecule has 1 aromatic rings. The highest BCUT2D eigenvalue weighted by molar-refractivity contribution is 5.22. The predicted molar refractivity (Wildman–Crippen MR) is 66.5 cm³/mol. The van der Waals surface area contributed by atoms with Crippen molar-refractivity contribution < 1.29 is 14.9 Å². The fourth-order valence-electron chi connectivity index (χ4n) is 2.11. The van der Waals surface area contributed by atoms with Gasteiger partial charge >= 0.3 is 11.4 Å². The largest absolute Gasteiger partial charge is 0.391 e. The molecular weight excluding hydrogens is 268 g/mol. The second-order valence-corrected chi connectivity index (χ2v) is 4.60. The van der Waals surface area contributed by atoms with Crippen LogP contribution in [0.2, 0.25) is 0 Å². The zero-order chi connectivity index (χ0) is 15.1. The lowest BCUT2D eigenvalue weighted by Crippen LogP contribution is -2.55. The van der Waals surface area contributed by atoms with Crippen molar-refractivity contribution in [1.29, 1.82) is 0 Å². The molecule has 0 radical (unpaired) electrons. The molecule has 1 aliphatic heterocycles. The molecule has 0 amide bonds. The highest BCUT2D eigenvalue weighted by atomic mass is 16.5. The lowest BCUT2D eigenvalue weighted by Gasteiger charge is -2.27. The van der Waals surface area contributed by atoms with E-state index in [4.69, 9.17) is 16.9 Å². The smallest absolute Gasteiger partial charge is 0.350 e. The minimum absolute atomic E-state index is 0.833. The molecule has 0 spiro atoms. The first-order valence-corrected chi connectivity index (χ1v) is 5.77. The number of ether oxygens (including phenoxy) is 1. The SMILES string of the molecule is C#C[C@@]1(N)C(O)[C@@H]([C@H](C)O)O[C@H]1n1cnc(=O)[nH]c1=O. The Hall–Kier alpha value is -1.99. The first-order valence-electron chi connectivity index (χ1n) is 5.77. The minimum atomic E-state index is -1.74. The monoisotopic (exact) mass is 282 g/mol. The number of nitrogens with zero attached hydrogens (tertiary/aromatic N) is 2. The van der Waals surface area contributed by atoms with Crippen LogP contribution in [-0.4, -0.2) is 48.6 Å². The van der Waals surface area contributed by atoms with E-state index in [1.165, 1.54) is 6.92 Å². The van der Waals surface area contributed by atoms with E-state index in [1.54, 1.807) is 0 Å². The Balaban J connectivity index is 2.53. The maximum Gasteiger partial charge on any atom is 0.350 e. The third-order valence-corrected chi connectivity index (χ3v) is 3.22. The second-order valence-electron chi connectivity index (χ2n) is 4.60. The summed E-state index contributed by atoms with van der Waals surface area (Å²) in [5, 5.41) is 19.7. The molecule has 108 valence electrons. The van der Waals surface area contributed by atoms with Gasteiger partial charge in [-0.15, -0.1) is 6.42 Å². The van der Waals surface area contributed by atoms with Crippen LogP contribution >= 0.6 is 0 Å². The maximum atomic E-state index is 11.7. The molecule has 1 unspecified atom stereocenters. The number of aromatic amines is 1. The van der Waals surface area contributed by atoms with Gasteiger partial charge < -0.3 is 20.7 Å². The summed E-state index contributed by atoms with van der Waals surface area (Å²) in [6.45, 7) is 1.39. The Morgan fingerprint density at radius 2 is 2.35 bits per heavy atom. The van der Waals surface area contributed by atoms with Gasteiger partial charge in [-0.25, -0.2) is 9.59 Å². The van der Waals surface area contributed by atoms with Crippen LogP contribution in [0.1, 0.15) is 13.2 Å². The van der Waals surface area contributed by atoms with Gasteiger partial charge in [0.05, 0.1) is 6.10 Å². The summed E-state index contributed by atoms with van der Waals surface area (Å²) in [6, 6.07) is 0. The number of hydrogen-bond acceptors (Lipinski definition) is 7. The molecule has 1 aromatic heterocycles. The van der Waals surface area contributed by atoms with Crippen LogP contribution in [0, 0.1) is 12.3 Å². The zero-order valence-corrected chi connectivity index (χ0v) is 10.6. The van der Waals surface area contributed by atoms with Gasteiger partial charge in [-0.2, -0.15) is 4.98 Å². The third kappa shape index (κ3) is 2.04. The van der Waals surface area contributed by atoms with Crippen LogP contribution < -0.4 is 17.1 Å². The number of nitrogens with one attached hydrogen (secondary N) is 1. The number of rotatable bonds is 2. The Bertz CT molecular complexity index is 660. The highest BCUT2D eigenvalue weighted by Crippen LogP contribution is 2.36. The van der Waals surface area contributed by atoms with Gasteiger partial charge in [0.2, 0.25) is 0 Å². The van der Waals surface area contributed by atoms with Gasteiger partial charge in [0.15, 0.2) is 11.8 Å². The predicted octanol–water partition coefficient (Wildman–Crippen LogP) is -3.10. The van der Waals surface area contributed by atoms with Crippen molar-refractivity contribution in [3.63, 3.8) is 0 Å². The lowest BCUT2D eigenvalue weighted by atomic mass is 9.90. The van der Waals surface area contributed by atoms with Gasteiger partial charge in [-0.1, -0.05) is 5.92 Å². The lowest BCUT2D eigenvalue weighted by molar-refractivity contribution is -0.0782. The van der Waals surface area contributed by atoms with E-state index in [1.807, 2.05) is 4.98 Å². The molecule has 9 nitrogen and oxygen atoms in total. The Labute approximate surface area is 113 Å². The average Bonchev–Trinajstić information content (AvgIpc) is 2.64. The molecule has 0 saturated carbocycles. The number of aliphatic hydroxyl groups excluding tert-OH is 2. The summed E-state index contributed by atoms with van der Waals surface area (Å²) in [7, 11) is 0. The van der Waals surface area contributed by atoms with Gasteiger partial charge in [0.25, 0.3) is 0 Å². The molecule has 2 rings (SSSR count). The highest BCUT2D eigenvalue weighted by Gasteiger charge is 2.55. The van der Waals surface area contributed by atoms with E-state index < -0.39 is 41.5 Å². The number of aliphatic hydroxyl groups is 2. The molecule has 2 heterocycles. The fourth-order valence-corrected chi connectivity index (χ4v) is 2.11. The van der Waals surface area contributed by atoms with Crippen molar-refractivity contribution in [3.05, 3.63) is 27.3 Å². The van der Waals surface area contributed by atoms with Gasteiger partial charge in [-0.3, -0.25) is 9.55 Å². The summed E-state index contributed by atoms with van der Waals surface area (Å²) in [5.74, 6) is 2.18. The quantitative estimate of drug-likeness (QED) is 0.421. The number of nitrogens with two attached hydrogens (primary N) is 1. The Morgan fingerprint density at radius 3 is 2.85 bits per heavy atom. The topological polar surface area (TPSA) is 143 Å². The van der Waals surface area contributed by atoms with Gasteiger partial charge in [0.1, 0.15) is 18.5 Å². The molecule has 5 atom stereocenters. The number of terminal acetylenes is 1. The van der Waals surface area contributed by atoms with Crippen LogP contribution in [0.25, 0.3) is 0 Å². The summed E-state index contributed by atoms with van der Waals surface area (Å²) in [4.78, 5) is 28.0. The van der Waals surface area contributed by atoms with E-state index in [2.05, 4.69) is 10.9 Å².